The Bertz CT molecular complexity index is 416. The lowest BCUT2D eigenvalue weighted by atomic mass is 10.0. The molecule has 4 nitrogen and oxygen atoms in total. The van der Waals surface area contributed by atoms with Crippen molar-refractivity contribution in [3.63, 3.8) is 0 Å². The van der Waals surface area contributed by atoms with Crippen molar-refractivity contribution < 1.29 is 18.0 Å². The van der Waals surface area contributed by atoms with Gasteiger partial charge in [-0.25, -0.2) is 9.97 Å². The normalized spacial score (nSPS) is 15.8. The summed E-state index contributed by atoms with van der Waals surface area (Å²) < 4.78 is 37.4. The third-order valence-electron chi connectivity index (χ3n) is 2.07. The Balaban J connectivity index is 2.51. The highest BCUT2D eigenvalue weighted by atomic mass is 19.4. The Kier molecular flexibility index (Phi) is 2.09. The molecule has 0 aliphatic carbocycles. The van der Waals surface area contributed by atoms with Gasteiger partial charge in [0, 0.05) is 12.0 Å². The van der Waals surface area contributed by atoms with Gasteiger partial charge in [0.15, 0.2) is 5.69 Å². The average molecular weight is 217 g/mol. The Morgan fingerprint density at radius 2 is 2.00 bits per heavy atom. The van der Waals surface area contributed by atoms with Crippen LogP contribution in [0.4, 0.5) is 19.0 Å². The van der Waals surface area contributed by atoms with Gasteiger partial charge in [0.05, 0.1) is 0 Å². The lowest BCUT2D eigenvalue weighted by Gasteiger charge is -2.18. The van der Waals surface area contributed by atoms with Crippen LogP contribution in [-0.2, 0) is 17.4 Å². The number of halogens is 3. The first-order valence-electron chi connectivity index (χ1n) is 4.19. The topological polar surface area (TPSA) is 54.9 Å². The quantitative estimate of drug-likeness (QED) is 0.714. The summed E-state index contributed by atoms with van der Waals surface area (Å²) in [6, 6.07) is 0. The first kappa shape index (κ1) is 9.88. The Hall–Kier alpha value is -1.66. The number of carbonyl (C=O) groups excluding carboxylic acids is 1. The summed E-state index contributed by atoms with van der Waals surface area (Å²) in [7, 11) is 0. The van der Waals surface area contributed by atoms with Crippen molar-refractivity contribution in [2.24, 2.45) is 0 Å². The molecule has 1 amide bonds. The van der Waals surface area contributed by atoms with Gasteiger partial charge in [0.2, 0.25) is 5.91 Å². The van der Waals surface area contributed by atoms with E-state index in [0.717, 1.165) is 6.33 Å². The molecule has 0 unspecified atom stereocenters. The van der Waals surface area contributed by atoms with E-state index in [-0.39, 0.29) is 30.1 Å². The van der Waals surface area contributed by atoms with Gasteiger partial charge >= 0.3 is 6.18 Å². The molecule has 7 heteroatoms. The first-order chi connectivity index (χ1) is 6.98. The number of aromatic nitrogens is 2. The van der Waals surface area contributed by atoms with E-state index in [1.165, 1.54) is 0 Å². The van der Waals surface area contributed by atoms with Crippen LogP contribution in [0.2, 0.25) is 0 Å². The van der Waals surface area contributed by atoms with Crippen LogP contribution in [0.15, 0.2) is 6.33 Å². The molecule has 1 aromatic rings. The molecule has 2 heterocycles. The van der Waals surface area contributed by atoms with Crippen LogP contribution < -0.4 is 5.32 Å². The van der Waals surface area contributed by atoms with Crippen molar-refractivity contribution in [2.75, 3.05) is 5.32 Å². The molecule has 0 atom stereocenters. The van der Waals surface area contributed by atoms with Gasteiger partial charge in [-0.05, 0) is 6.42 Å². The van der Waals surface area contributed by atoms with E-state index in [4.69, 9.17) is 0 Å². The fourth-order valence-electron chi connectivity index (χ4n) is 1.43. The second-order valence-electron chi connectivity index (χ2n) is 3.10. The molecule has 2 rings (SSSR count). The van der Waals surface area contributed by atoms with Crippen LogP contribution in [0.3, 0.4) is 0 Å². The van der Waals surface area contributed by atoms with Crippen LogP contribution in [-0.4, -0.2) is 15.9 Å². The van der Waals surface area contributed by atoms with Crippen molar-refractivity contribution >= 4 is 11.7 Å². The number of nitrogens with zero attached hydrogens (tertiary/aromatic N) is 2. The fraction of sp³-hybridized carbons (Fsp3) is 0.375. The lowest BCUT2D eigenvalue weighted by molar-refractivity contribution is -0.142. The SMILES string of the molecule is O=C1CCc2c(ncnc2C(F)(F)F)N1. The molecule has 1 aliphatic rings. The van der Waals surface area contributed by atoms with Crippen molar-refractivity contribution in [3.05, 3.63) is 17.6 Å². The molecular formula is C8H6F3N3O. The Morgan fingerprint density at radius 3 is 2.67 bits per heavy atom. The standard InChI is InChI=1S/C8H6F3N3O/c9-8(10,11)6-4-1-2-5(15)14-7(4)13-3-12-6/h3H,1-2H2,(H,12,13,14,15). The van der Waals surface area contributed by atoms with E-state index < -0.39 is 11.9 Å². The summed E-state index contributed by atoms with van der Waals surface area (Å²) in [6.07, 6.45) is -3.65. The van der Waals surface area contributed by atoms with Crippen molar-refractivity contribution in [3.8, 4) is 0 Å². The predicted molar refractivity (Wildman–Crippen MR) is 44.0 cm³/mol. The summed E-state index contributed by atoms with van der Waals surface area (Å²) in [4.78, 5) is 17.7. The minimum absolute atomic E-state index is 0.0247. The predicted octanol–water partition coefficient (Wildman–Crippen LogP) is 1.38. The molecule has 0 fully saturated rings. The van der Waals surface area contributed by atoms with Gasteiger partial charge in [-0.15, -0.1) is 0 Å². The van der Waals surface area contributed by atoms with Crippen LogP contribution in [0.25, 0.3) is 0 Å². The summed E-state index contributed by atoms with van der Waals surface area (Å²) in [5.41, 5.74) is -1.00. The molecule has 0 bridgehead atoms. The fourth-order valence-corrected chi connectivity index (χ4v) is 1.43. The average Bonchev–Trinajstić information content (AvgIpc) is 2.15. The highest BCUT2D eigenvalue weighted by molar-refractivity contribution is 5.92. The first-order valence-corrected chi connectivity index (χ1v) is 4.19. The number of hydrogen-bond acceptors (Lipinski definition) is 3. The number of fused-ring (bicyclic) bond motifs is 1. The highest BCUT2D eigenvalue weighted by Crippen LogP contribution is 2.34. The zero-order chi connectivity index (χ0) is 11.1. The smallest absolute Gasteiger partial charge is 0.310 e. The molecule has 1 aromatic heterocycles. The third kappa shape index (κ3) is 1.77. The molecule has 80 valence electrons. The number of rotatable bonds is 0. The minimum atomic E-state index is -4.50. The van der Waals surface area contributed by atoms with Gasteiger partial charge in [0.1, 0.15) is 12.1 Å². The van der Waals surface area contributed by atoms with Gasteiger partial charge < -0.3 is 5.32 Å². The van der Waals surface area contributed by atoms with Crippen LogP contribution >= 0.6 is 0 Å². The van der Waals surface area contributed by atoms with E-state index in [1.807, 2.05) is 0 Å². The third-order valence-corrected chi connectivity index (χ3v) is 2.07. The molecule has 0 spiro atoms. The largest absolute Gasteiger partial charge is 0.433 e. The van der Waals surface area contributed by atoms with Gasteiger partial charge in [-0.1, -0.05) is 0 Å². The molecule has 1 N–H and O–H groups in total. The maximum atomic E-state index is 12.5. The van der Waals surface area contributed by atoms with E-state index >= 15 is 0 Å². The van der Waals surface area contributed by atoms with Crippen molar-refractivity contribution in [1.29, 1.82) is 0 Å². The highest BCUT2D eigenvalue weighted by Gasteiger charge is 2.37. The van der Waals surface area contributed by atoms with Gasteiger partial charge in [0.25, 0.3) is 0 Å². The molecule has 0 radical (unpaired) electrons. The van der Waals surface area contributed by atoms with E-state index in [9.17, 15) is 18.0 Å². The molecular weight excluding hydrogens is 211 g/mol. The zero-order valence-corrected chi connectivity index (χ0v) is 7.43. The van der Waals surface area contributed by atoms with Gasteiger partial charge in [-0.2, -0.15) is 13.2 Å². The minimum Gasteiger partial charge on any atom is -0.310 e. The number of anilines is 1. The van der Waals surface area contributed by atoms with E-state index in [1.54, 1.807) is 0 Å². The van der Waals surface area contributed by atoms with E-state index in [2.05, 4.69) is 15.3 Å². The number of nitrogens with one attached hydrogen (secondary N) is 1. The zero-order valence-electron chi connectivity index (χ0n) is 7.43. The lowest BCUT2D eigenvalue weighted by Crippen LogP contribution is -2.24. The molecule has 1 aliphatic heterocycles. The van der Waals surface area contributed by atoms with Crippen LogP contribution in [0, 0.1) is 0 Å². The maximum absolute atomic E-state index is 12.5. The van der Waals surface area contributed by atoms with E-state index in [0.29, 0.717) is 0 Å². The number of carbonyl (C=O) groups is 1. The second kappa shape index (κ2) is 3.18. The molecule has 15 heavy (non-hydrogen) atoms. The van der Waals surface area contributed by atoms with Gasteiger partial charge in [-0.3, -0.25) is 4.79 Å². The summed E-state index contributed by atoms with van der Waals surface area (Å²) in [6.45, 7) is 0. The Labute approximate surface area is 82.5 Å². The van der Waals surface area contributed by atoms with Crippen LogP contribution in [0.1, 0.15) is 17.7 Å². The molecule has 0 saturated heterocycles. The second-order valence-corrected chi connectivity index (χ2v) is 3.10. The molecule has 0 saturated carbocycles. The monoisotopic (exact) mass is 217 g/mol. The summed E-state index contributed by atoms with van der Waals surface area (Å²) in [5, 5.41) is 2.28. The number of hydrogen-bond donors (Lipinski definition) is 1. The van der Waals surface area contributed by atoms with Crippen molar-refractivity contribution in [1.82, 2.24) is 9.97 Å². The number of amides is 1. The summed E-state index contributed by atoms with van der Waals surface area (Å²) >= 11 is 0. The maximum Gasteiger partial charge on any atom is 0.433 e. The Morgan fingerprint density at radius 1 is 1.27 bits per heavy atom. The number of alkyl halides is 3. The molecule has 0 aromatic carbocycles. The van der Waals surface area contributed by atoms with Crippen LogP contribution in [0.5, 0.6) is 0 Å². The summed E-state index contributed by atoms with van der Waals surface area (Å²) in [5.74, 6) is -0.358. The van der Waals surface area contributed by atoms with Crippen molar-refractivity contribution in [2.45, 2.75) is 19.0 Å².